The van der Waals surface area contributed by atoms with Crippen LogP contribution in [0.5, 0.6) is 0 Å². The predicted molar refractivity (Wildman–Crippen MR) is 61.0 cm³/mol. The van der Waals surface area contributed by atoms with Gasteiger partial charge < -0.3 is 14.5 Å². The zero-order valence-corrected chi connectivity index (χ0v) is 9.82. The van der Waals surface area contributed by atoms with Crippen molar-refractivity contribution in [2.45, 2.75) is 38.8 Å². The Morgan fingerprint density at radius 3 is 2.80 bits per heavy atom. The highest BCUT2D eigenvalue weighted by molar-refractivity contribution is 4.98. The summed E-state index contributed by atoms with van der Waals surface area (Å²) < 4.78 is 10.4. The van der Waals surface area contributed by atoms with Gasteiger partial charge in [-0.1, -0.05) is 0 Å². The molecular weight excluding hydrogens is 190 g/mol. The van der Waals surface area contributed by atoms with Gasteiger partial charge >= 0.3 is 0 Å². The molecule has 0 aliphatic heterocycles. The van der Waals surface area contributed by atoms with Crippen molar-refractivity contribution in [3.05, 3.63) is 24.2 Å². The molecule has 3 nitrogen and oxygen atoms in total. The summed E-state index contributed by atoms with van der Waals surface area (Å²) in [5.74, 6) is 1.06. The Labute approximate surface area is 91.8 Å². The molecule has 3 heteroatoms. The molecule has 0 aromatic carbocycles. The minimum atomic E-state index is 0.404. The van der Waals surface area contributed by atoms with Crippen molar-refractivity contribution in [2.75, 3.05) is 13.7 Å². The van der Waals surface area contributed by atoms with Gasteiger partial charge in [-0.3, -0.25) is 0 Å². The zero-order chi connectivity index (χ0) is 11.1. The van der Waals surface area contributed by atoms with Gasteiger partial charge in [-0.25, -0.2) is 0 Å². The van der Waals surface area contributed by atoms with E-state index < -0.39 is 0 Å². The molecule has 0 aliphatic rings. The van der Waals surface area contributed by atoms with E-state index in [0.29, 0.717) is 12.1 Å². The van der Waals surface area contributed by atoms with E-state index >= 15 is 0 Å². The molecule has 0 spiro atoms. The summed E-state index contributed by atoms with van der Waals surface area (Å²) in [4.78, 5) is 0. The molecule has 0 saturated carbocycles. The average Bonchev–Trinajstić information content (AvgIpc) is 2.67. The van der Waals surface area contributed by atoms with Crippen LogP contribution in [0.25, 0.3) is 0 Å². The number of furan rings is 1. The summed E-state index contributed by atoms with van der Waals surface area (Å²) >= 11 is 0. The quantitative estimate of drug-likeness (QED) is 0.751. The summed E-state index contributed by atoms with van der Waals surface area (Å²) in [7, 11) is 1.73. The van der Waals surface area contributed by atoms with Crippen LogP contribution in [0.3, 0.4) is 0 Å². The van der Waals surface area contributed by atoms with Gasteiger partial charge in [0.15, 0.2) is 0 Å². The van der Waals surface area contributed by atoms with Gasteiger partial charge in [0.1, 0.15) is 5.76 Å². The van der Waals surface area contributed by atoms with Crippen LogP contribution in [0, 0.1) is 0 Å². The Hall–Kier alpha value is -0.800. The van der Waals surface area contributed by atoms with Gasteiger partial charge in [0.05, 0.1) is 12.9 Å². The van der Waals surface area contributed by atoms with Crippen molar-refractivity contribution < 1.29 is 9.15 Å². The lowest BCUT2D eigenvalue weighted by Crippen LogP contribution is -2.37. The number of ether oxygens (including phenoxy) is 1. The Balaban J connectivity index is 2.15. The molecule has 1 N–H and O–H groups in total. The lowest BCUT2D eigenvalue weighted by Gasteiger charge is -2.18. The highest BCUT2D eigenvalue weighted by Crippen LogP contribution is 2.06. The molecule has 1 rings (SSSR count). The van der Waals surface area contributed by atoms with Gasteiger partial charge in [0, 0.05) is 25.6 Å². The average molecular weight is 211 g/mol. The van der Waals surface area contributed by atoms with Crippen molar-refractivity contribution >= 4 is 0 Å². The minimum absolute atomic E-state index is 0.404. The van der Waals surface area contributed by atoms with Gasteiger partial charge in [0.2, 0.25) is 0 Å². The lowest BCUT2D eigenvalue weighted by atomic mass is 10.1. The van der Waals surface area contributed by atoms with Crippen LogP contribution in [0.1, 0.15) is 26.0 Å². The predicted octanol–water partition coefficient (Wildman–Crippen LogP) is 2.23. The first kappa shape index (κ1) is 12.3. The molecular formula is C12H21NO2. The fraction of sp³-hybridized carbons (Fsp3) is 0.667. The summed E-state index contributed by atoms with van der Waals surface area (Å²) in [6.45, 7) is 5.08. The number of nitrogens with one attached hydrogen (secondary N) is 1. The van der Waals surface area contributed by atoms with Gasteiger partial charge in [-0.2, -0.15) is 0 Å². The molecule has 0 fully saturated rings. The topological polar surface area (TPSA) is 34.4 Å². The maximum Gasteiger partial charge on any atom is 0.103 e. The minimum Gasteiger partial charge on any atom is -0.469 e. The Bertz CT molecular complexity index is 246. The standard InChI is InChI=1S/C12H21NO2/c1-10(13-11(2)9-14-3)6-7-12-5-4-8-15-12/h4-5,8,10-11,13H,6-7,9H2,1-3H3. The first-order valence-corrected chi connectivity index (χ1v) is 5.49. The summed E-state index contributed by atoms with van der Waals surface area (Å²) in [6, 6.07) is 4.84. The molecule has 15 heavy (non-hydrogen) atoms. The molecule has 0 radical (unpaired) electrons. The monoisotopic (exact) mass is 211 g/mol. The maximum atomic E-state index is 5.28. The number of hydrogen-bond acceptors (Lipinski definition) is 3. The van der Waals surface area contributed by atoms with Crippen molar-refractivity contribution in [1.29, 1.82) is 0 Å². The molecule has 0 amide bonds. The third-order valence-corrected chi connectivity index (χ3v) is 2.39. The maximum absolute atomic E-state index is 5.28. The summed E-state index contributed by atoms with van der Waals surface area (Å²) in [5.41, 5.74) is 0. The van der Waals surface area contributed by atoms with Crippen molar-refractivity contribution in [2.24, 2.45) is 0 Å². The van der Waals surface area contributed by atoms with Crippen LogP contribution in [0.4, 0.5) is 0 Å². The smallest absolute Gasteiger partial charge is 0.103 e. The number of hydrogen-bond donors (Lipinski definition) is 1. The zero-order valence-electron chi connectivity index (χ0n) is 9.82. The molecule has 2 atom stereocenters. The first-order valence-electron chi connectivity index (χ1n) is 5.49. The van der Waals surface area contributed by atoms with E-state index in [1.54, 1.807) is 13.4 Å². The van der Waals surface area contributed by atoms with E-state index in [9.17, 15) is 0 Å². The van der Waals surface area contributed by atoms with Crippen LogP contribution < -0.4 is 5.32 Å². The molecule has 2 unspecified atom stereocenters. The fourth-order valence-corrected chi connectivity index (χ4v) is 1.68. The van der Waals surface area contributed by atoms with Crippen molar-refractivity contribution in [3.63, 3.8) is 0 Å². The van der Waals surface area contributed by atoms with Gasteiger partial charge in [0.25, 0.3) is 0 Å². The first-order chi connectivity index (χ1) is 7.22. The number of aryl methyl sites for hydroxylation is 1. The molecule has 0 saturated heterocycles. The van der Waals surface area contributed by atoms with Crippen LogP contribution in [0.15, 0.2) is 22.8 Å². The van der Waals surface area contributed by atoms with Crippen molar-refractivity contribution in [1.82, 2.24) is 5.32 Å². The van der Waals surface area contributed by atoms with E-state index in [-0.39, 0.29) is 0 Å². The van der Waals surface area contributed by atoms with E-state index in [1.165, 1.54) is 0 Å². The van der Waals surface area contributed by atoms with Crippen LogP contribution in [-0.2, 0) is 11.2 Å². The molecule has 1 aromatic rings. The Morgan fingerprint density at radius 1 is 1.40 bits per heavy atom. The fourth-order valence-electron chi connectivity index (χ4n) is 1.68. The second-order valence-corrected chi connectivity index (χ2v) is 4.04. The highest BCUT2D eigenvalue weighted by atomic mass is 16.5. The van der Waals surface area contributed by atoms with Gasteiger partial charge in [-0.15, -0.1) is 0 Å². The number of rotatable bonds is 7. The SMILES string of the molecule is COCC(C)NC(C)CCc1ccco1. The van der Waals surface area contributed by atoms with Crippen LogP contribution >= 0.6 is 0 Å². The normalized spacial score (nSPS) is 15.1. The third kappa shape index (κ3) is 5.00. The molecule has 0 aliphatic carbocycles. The molecule has 1 aromatic heterocycles. The van der Waals surface area contributed by atoms with Crippen molar-refractivity contribution in [3.8, 4) is 0 Å². The highest BCUT2D eigenvalue weighted by Gasteiger charge is 2.07. The second-order valence-electron chi connectivity index (χ2n) is 4.04. The third-order valence-electron chi connectivity index (χ3n) is 2.39. The summed E-state index contributed by atoms with van der Waals surface area (Å²) in [6.07, 6.45) is 3.80. The lowest BCUT2D eigenvalue weighted by molar-refractivity contribution is 0.167. The van der Waals surface area contributed by atoms with Crippen LogP contribution in [-0.4, -0.2) is 25.8 Å². The second kappa shape index (κ2) is 6.64. The molecule has 86 valence electrons. The largest absolute Gasteiger partial charge is 0.469 e. The van der Waals surface area contributed by atoms with E-state index in [4.69, 9.17) is 9.15 Å². The van der Waals surface area contributed by atoms with E-state index in [1.807, 2.05) is 12.1 Å². The summed E-state index contributed by atoms with van der Waals surface area (Å²) in [5, 5.41) is 3.48. The number of methoxy groups -OCH3 is 1. The van der Waals surface area contributed by atoms with Gasteiger partial charge in [-0.05, 0) is 32.4 Å². The molecule has 1 heterocycles. The Kier molecular flexibility index (Phi) is 5.43. The van der Waals surface area contributed by atoms with Crippen LogP contribution in [0.2, 0.25) is 0 Å². The van der Waals surface area contributed by atoms with E-state index in [0.717, 1.165) is 25.2 Å². The Morgan fingerprint density at radius 2 is 2.20 bits per heavy atom. The molecule has 0 bridgehead atoms. The van der Waals surface area contributed by atoms with E-state index in [2.05, 4.69) is 19.2 Å².